The molecule has 2 heterocycles. The Hall–Kier alpha value is -7.98. The number of hydrogen-bond acceptors (Lipinski definition) is 3. The molecule has 0 aliphatic rings. The molecule has 0 saturated carbocycles. The Kier molecular flexibility index (Phi) is 8.12. The number of hydrogen-bond donors (Lipinski definition) is 0. The molecule has 0 bridgehead atoms. The van der Waals surface area contributed by atoms with Crippen LogP contribution in [0.25, 0.3) is 107 Å². The number of thiophene rings is 1. The van der Waals surface area contributed by atoms with Crippen molar-refractivity contribution >= 4 is 124 Å². The van der Waals surface area contributed by atoms with Crippen molar-refractivity contribution in [2.75, 3.05) is 4.90 Å². The summed E-state index contributed by atoms with van der Waals surface area (Å²) in [6, 6.07) is 82.1. The lowest BCUT2D eigenvalue weighted by molar-refractivity contribution is 0.669. The Morgan fingerprint density at radius 3 is 1.46 bits per heavy atom. The molecule has 0 fully saturated rings. The summed E-state index contributed by atoms with van der Waals surface area (Å²) < 4.78 is 9.10. The summed E-state index contributed by atoms with van der Waals surface area (Å²) >= 11 is 1.87. The SMILES string of the molecule is c1ccc(-c2ccc(N(c3ccc4c5ccccc5c5ccccc5c5ccccc5c5cc6c(cc5c4c3)sc3ccccc36)c3cccc4oc5ccccc5c34)cc2)cc1. The van der Waals surface area contributed by atoms with Crippen molar-refractivity contribution in [3.8, 4) is 11.1 Å². The third-order valence-electron chi connectivity index (χ3n) is 12.9. The number of rotatable bonds is 4. The monoisotopic (exact) mass is 819 g/mol. The first kappa shape index (κ1) is 35.7. The average Bonchev–Trinajstić information content (AvgIpc) is 3.92. The first-order valence-corrected chi connectivity index (χ1v) is 22.3. The maximum atomic E-state index is 6.53. The highest BCUT2D eigenvalue weighted by molar-refractivity contribution is 7.25. The summed E-state index contributed by atoms with van der Waals surface area (Å²) in [6.45, 7) is 0. The minimum atomic E-state index is 0.861. The highest BCUT2D eigenvalue weighted by atomic mass is 32.1. The molecule has 13 rings (SSSR count). The van der Waals surface area contributed by atoms with Crippen molar-refractivity contribution in [1.82, 2.24) is 0 Å². The largest absolute Gasteiger partial charge is 0.456 e. The van der Waals surface area contributed by atoms with Gasteiger partial charge in [0.1, 0.15) is 11.2 Å². The topological polar surface area (TPSA) is 16.4 Å². The molecule has 0 N–H and O–H groups in total. The molecule has 0 amide bonds. The van der Waals surface area contributed by atoms with E-state index in [1.807, 2.05) is 17.4 Å². The van der Waals surface area contributed by atoms with E-state index in [-0.39, 0.29) is 0 Å². The first-order valence-electron chi connectivity index (χ1n) is 21.5. The maximum absolute atomic E-state index is 6.53. The van der Waals surface area contributed by atoms with E-state index >= 15 is 0 Å². The van der Waals surface area contributed by atoms with Gasteiger partial charge in [-0.05, 0) is 126 Å². The molecule has 63 heavy (non-hydrogen) atoms. The molecular formula is C60H37NOS. The number of benzene rings is 10. The smallest absolute Gasteiger partial charge is 0.137 e. The number of para-hydroxylation sites is 1. The molecule has 0 aliphatic carbocycles. The Morgan fingerprint density at radius 2 is 0.778 bits per heavy atom. The third-order valence-corrected chi connectivity index (χ3v) is 14.0. The van der Waals surface area contributed by atoms with E-state index < -0.39 is 0 Å². The van der Waals surface area contributed by atoms with Gasteiger partial charge in [0.2, 0.25) is 0 Å². The van der Waals surface area contributed by atoms with Crippen molar-refractivity contribution < 1.29 is 4.42 Å². The lowest BCUT2D eigenvalue weighted by Gasteiger charge is -2.27. The number of furan rings is 1. The van der Waals surface area contributed by atoms with Crippen LogP contribution >= 0.6 is 11.3 Å². The van der Waals surface area contributed by atoms with Crippen LogP contribution in [-0.4, -0.2) is 0 Å². The summed E-state index contributed by atoms with van der Waals surface area (Å²) in [5.41, 5.74) is 7.29. The zero-order valence-electron chi connectivity index (χ0n) is 34.1. The van der Waals surface area contributed by atoms with Crippen LogP contribution in [0.1, 0.15) is 0 Å². The molecule has 0 unspecified atom stereocenters. The van der Waals surface area contributed by atoms with Gasteiger partial charge in [0.15, 0.2) is 0 Å². The molecule has 0 atom stereocenters. The lowest BCUT2D eigenvalue weighted by Crippen LogP contribution is -2.10. The molecule has 2 nitrogen and oxygen atoms in total. The van der Waals surface area contributed by atoms with E-state index in [9.17, 15) is 0 Å². The van der Waals surface area contributed by atoms with Gasteiger partial charge in [-0.25, -0.2) is 0 Å². The molecule has 0 saturated heterocycles. The van der Waals surface area contributed by atoms with Crippen LogP contribution < -0.4 is 4.90 Å². The average molecular weight is 820 g/mol. The van der Waals surface area contributed by atoms with Gasteiger partial charge in [-0.1, -0.05) is 164 Å². The summed E-state index contributed by atoms with van der Waals surface area (Å²) in [7, 11) is 0. The van der Waals surface area contributed by atoms with Crippen LogP contribution in [0.2, 0.25) is 0 Å². The van der Waals surface area contributed by atoms with Gasteiger partial charge < -0.3 is 9.32 Å². The second kappa shape index (κ2) is 14.3. The van der Waals surface area contributed by atoms with E-state index in [1.165, 1.54) is 85.2 Å². The Morgan fingerprint density at radius 1 is 0.286 bits per heavy atom. The van der Waals surface area contributed by atoms with Crippen LogP contribution in [0, 0.1) is 0 Å². The van der Waals surface area contributed by atoms with E-state index in [2.05, 4.69) is 223 Å². The maximum Gasteiger partial charge on any atom is 0.137 e. The molecule has 2 aromatic heterocycles. The van der Waals surface area contributed by atoms with Crippen molar-refractivity contribution in [3.63, 3.8) is 0 Å². The van der Waals surface area contributed by atoms with E-state index in [0.717, 1.165) is 39.0 Å². The predicted octanol–water partition coefficient (Wildman–Crippen LogP) is 18.0. The summed E-state index contributed by atoms with van der Waals surface area (Å²) in [5.74, 6) is 0. The van der Waals surface area contributed by atoms with Gasteiger partial charge in [-0.15, -0.1) is 11.3 Å². The fraction of sp³-hybridized carbons (Fsp3) is 0. The second-order valence-electron chi connectivity index (χ2n) is 16.4. The fourth-order valence-corrected chi connectivity index (χ4v) is 11.1. The summed E-state index contributed by atoms with van der Waals surface area (Å²) in [5, 5.41) is 16.9. The molecule has 0 aliphatic heterocycles. The molecule has 13 aromatic rings. The minimum absolute atomic E-state index is 0.861. The second-order valence-corrected chi connectivity index (χ2v) is 17.4. The number of nitrogens with zero attached hydrogens (tertiary/aromatic N) is 1. The molecule has 11 aromatic carbocycles. The summed E-state index contributed by atoms with van der Waals surface area (Å²) in [6.07, 6.45) is 0. The van der Waals surface area contributed by atoms with Gasteiger partial charge in [-0.2, -0.15) is 0 Å². The van der Waals surface area contributed by atoms with Crippen LogP contribution in [-0.2, 0) is 0 Å². The van der Waals surface area contributed by atoms with E-state index in [1.54, 1.807) is 0 Å². The number of anilines is 3. The van der Waals surface area contributed by atoms with Gasteiger partial charge >= 0.3 is 0 Å². The van der Waals surface area contributed by atoms with Gasteiger partial charge in [-0.3, -0.25) is 0 Å². The quantitative estimate of drug-likeness (QED) is 0.176. The molecule has 0 radical (unpaired) electrons. The van der Waals surface area contributed by atoms with E-state index in [4.69, 9.17) is 4.42 Å². The molecule has 294 valence electrons. The number of fused-ring (bicyclic) bond motifs is 16. The highest BCUT2D eigenvalue weighted by Gasteiger charge is 2.21. The normalized spacial score (nSPS) is 11.8. The van der Waals surface area contributed by atoms with Crippen molar-refractivity contribution in [3.05, 3.63) is 224 Å². The van der Waals surface area contributed by atoms with Gasteiger partial charge in [0.25, 0.3) is 0 Å². The predicted molar refractivity (Wildman–Crippen MR) is 272 cm³/mol. The van der Waals surface area contributed by atoms with E-state index in [0.29, 0.717) is 0 Å². The van der Waals surface area contributed by atoms with Crippen LogP contribution in [0.3, 0.4) is 0 Å². The lowest BCUT2D eigenvalue weighted by atomic mass is 9.93. The highest BCUT2D eigenvalue weighted by Crippen LogP contribution is 2.46. The molecular weight excluding hydrogens is 783 g/mol. The zero-order valence-corrected chi connectivity index (χ0v) is 34.9. The van der Waals surface area contributed by atoms with Crippen molar-refractivity contribution in [2.45, 2.75) is 0 Å². The zero-order chi connectivity index (χ0) is 41.4. The fourth-order valence-electron chi connectivity index (χ4n) is 10.0. The van der Waals surface area contributed by atoms with Gasteiger partial charge in [0, 0.05) is 36.9 Å². The Balaban J connectivity index is 1.21. The molecule has 0 spiro atoms. The molecule has 3 heteroatoms. The first-order chi connectivity index (χ1) is 31.2. The summed E-state index contributed by atoms with van der Waals surface area (Å²) in [4.78, 5) is 2.42. The van der Waals surface area contributed by atoms with Gasteiger partial charge in [0.05, 0.1) is 11.1 Å². The Bertz CT molecular complexity index is 4030. The van der Waals surface area contributed by atoms with Crippen LogP contribution in [0.5, 0.6) is 0 Å². The van der Waals surface area contributed by atoms with Crippen molar-refractivity contribution in [2.24, 2.45) is 0 Å². The Labute approximate surface area is 367 Å². The van der Waals surface area contributed by atoms with Crippen LogP contribution in [0.4, 0.5) is 17.1 Å². The third kappa shape index (κ3) is 5.71. The van der Waals surface area contributed by atoms with Crippen LogP contribution in [0.15, 0.2) is 229 Å². The standard InChI is InChI=1S/C60H37NOS/c1-2-15-38(16-3-1)39-29-31-40(32-30-39)61(55-25-14-27-57-60(55)50-24-10-12-26-56(50)62-57)41-33-34-48-46-21-7-6-19-44(46)42-17-4-5-18-43(42)45-20-8-9-22-47(45)52-36-54-49-23-11-13-28-58(49)63-59(54)37-53(52)51(48)35-41/h1-37H. The minimum Gasteiger partial charge on any atom is -0.456 e. The van der Waals surface area contributed by atoms with Crippen molar-refractivity contribution in [1.29, 1.82) is 0 Å².